The lowest BCUT2D eigenvalue weighted by Gasteiger charge is -2.21. The number of tetrazole rings is 1. The van der Waals surface area contributed by atoms with Gasteiger partial charge in [-0.25, -0.2) is 4.68 Å². The van der Waals surface area contributed by atoms with Gasteiger partial charge in [-0.15, -0.1) is 17.5 Å². The lowest BCUT2D eigenvalue weighted by Crippen LogP contribution is -2.37. The molecule has 118 valence electrons. The highest BCUT2D eigenvalue weighted by molar-refractivity contribution is 5.93. The van der Waals surface area contributed by atoms with Crippen LogP contribution in [0, 0.1) is 5.92 Å². The highest BCUT2D eigenvalue weighted by atomic mass is 35.5. The van der Waals surface area contributed by atoms with Gasteiger partial charge in [0.2, 0.25) is 5.91 Å². The molecule has 8 heteroatoms. The summed E-state index contributed by atoms with van der Waals surface area (Å²) in [6, 6.07) is 7.57. The topological polar surface area (TPSA) is 84.7 Å². The summed E-state index contributed by atoms with van der Waals surface area (Å²) in [5.41, 5.74) is 1.65. The molecule has 0 spiro atoms. The van der Waals surface area contributed by atoms with Crippen molar-refractivity contribution in [3.63, 3.8) is 0 Å². The third-order valence-electron chi connectivity index (χ3n) is 3.68. The number of nitrogens with one attached hydrogen (secondary N) is 2. The zero-order valence-corrected chi connectivity index (χ0v) is 13.1. The van der Waals surface area contributed by atoms with E-state index in [1.165, 1.54) is 0 Å². The van der Waals surface area contributed by atoms with Crippen molar-refractivity contribution in [2.45, 2.75) is 12.8 Å². The predicted molar refractivity (Wildman–Crippen MR) is 85.7 cm³/mol. The zero-order valence-electron chi connectivity index (χ0n) is 12.3. The van der Waals surface area contributed by atoms with Crippen LogP contribution in [0.5, 0.6) is 0 Å². The van der Waals surface area contributed by atoms with Gasteiger partial charge < -0.3 is 10.6 Å². The van der Waals surface area contributed by atoms with Crippen molar-refractivity contribution in [2.75, 3.05) is 18.4 Å². The Kier molecular flexibility index (Phi) is 5.46. The number of halogens is 1. The normalized spacial score (nSPS) is 17.6. The van der Waals surface area contributed by atoms with Crippen LogP contribution in [0.4, 0.5) is 5.69 Å². The zero-order chi connectivity index (χ0) is 14.7. The number of anilines is 1. The number of benzene rings is 1. The minimum Gasteiger partial charge on any atom is -0.326 e. The van der Waals surface area contributed by atoms with E-state index >= 15 is 0 Å². The number of rotatable bonds is 3. The molecule has 1 atom stereocenters. The van der Waals surface area contributed by atoms with E-state index in [4.69, 9.17) is 0 Å². The van der Waals surface area contributed by atoms with Crippen molar-refractivity contribution < 1.29 is 4.79 Å². The minimum absolute atomic E-state index is 0. The fourth-order valence-electron chi connectivity index (χ4n) is 2.53. The standard InChI is InChI=1S/C14H18N6O.ClH/c1-20-13(17-18-19-20)10-4-2-6-12(8-10)16-14(21)11-5-3-7-15-9-11;/h2,4,6,8,11,15H,3,5,7,9H2,1H3,(H,16,21);1H/t11-;/m1./s1. The van der Waals surface area contributed by atoms with Gasteiger partial charge in [0.1, 0.15) is 0 Å². The SMILES string of the molecule is Cl.Cn1nnnc1-c1cccc(NC(=O)[C@@H]2CCCNC2)c1. The average Bonchev–Trinajstić information content (AvgIpc) is 2.94. The van der Waals surface area contributed by atoms with Crippen molar-refractivity contribution in [3.8, 4) is 11.4 Å². The largest absolute Gasteiger partial charge is 0.326 e. The second kappa shape index (κ2) is 7.33. The molecule has 0 unspecified atom stereocenters. The monoisotopic (exact) mass is 322 g/mol. The van der Waals surface area contributed by atoms with Crippen molar-refractivity contribution in [1.29, 1.82) is 0 Å². The fourth-order valence-corrected chi connectivity index (χ4v) is 2.53. The molecule has 0 bridgehead atoms. The fraction of sp³-hybridized carbons (Fsp3) is 0.429. The average molecular weight is 323 g/mol. The summed E-state index contributed by atoms with van der Waals surface area (Å²) in [7, 11) is 1.79. The smallest absolute Gasteiger partial charge is 0.228 e. The molecule has 1 aliphatic rings. The highest BCUT2D eigenvalue weighted by Gasteiger charge is 2.21. The van der Waals surface area contributed by atoms with Gasteiger partial charge in [0, 0.05) is 24.8 Å². The van der Waals surface area contributed by atoms with Crippen molar-refractivity contribution in [1.82, 2.24) is 25.5 Å². The van der Waals surface area contributed by atoms with Crippen molar-refractivity contribution in [2.24, 2.45) is 13.0 Å². The van der Waals surface area contributed by atoms with E-state index in [2.05, 4.69) is 26.2 Å². The second-order valence-corrected chi connectivity index (χ2v) is 5.24. The van der Waals surface area contributed by atoms with Crippen molar-refractivity contribution in [3.05, 3.63) is 24.3 Å². The van der Waals surface area contributed by atoms with Gasteiger partial charge in [0.15, 0.2) is 5.82 Å². The molecule has 7 nitrogen and oxygen atoms in total. The minimum atomic E-state index is 0. The highest BCUT2D eigenvalue weighted by Crippen LogP contribution is 2.20. The molecule has 0 aliphatic carbocycles. The Morgan fingerprint density at radius 1 is 1.45 bits per heavy atom. The Morgan fingerprint density at radius 2 is 2.32 bits per heavy atom. The maximum absolute atomic E-state index is 12.2. The summed E-state index contributed by atoms with van der Waals surface area (Å²) in [6.45, 7) is 1.75. The van der Waals surface area contributed by atoms with Gasteiger partial charge in [-0.3, -0.25) is 4.79 Å². The van der Waals surface area contributed by atoms with Gasteiger partial charge in [0.25, 0.3) is 0 Å². The Bertz CT molecular complexity index is 638. The Balaban J connectivity index is 0.00000176. The first-order valence-corrected chi connectivity index (χ1v) is 7.08. The van der Waals surface area contributed by atoms with Gasteiger partial charge in [-0.2, -0.15) is 0 Å². The molecule has 1 aromatic heterocycles. The molecule has 1 saturated heterocycles. The number of carbonyl (C=O) groups is 1. The molecular weight excluding hydrogens is 304 g/mol. The Labute approximate surface area is 134 Å². The Hall–Kier alpha value is -1.99. The van der Waals surface area contributed by atoms with Crippen LogP contribution >= 0.6 is 12.4 Å². The van der Waals surface area contributed by atoms with E-state index in [9.17, 15) is 4.79 Å². The first kappa shape index (κ1) is 16.4. The van der Waals surface area contributed by atoms with Crippen LogP contribution in [0.1, 0.15) is 12.8 Å². The number of nitrogens with zero attached hydrogens (tertiary/aromatic N) is 4. The molecule has 2 aromatic rings. The third kappa shape index (κ3) is 3.61. The first-order valence-electron chi connectivity index (χ1n) is 7.08. The van der Waals surface area contributed by atoms with Gasteiger partial charge in [0.05, 0.1) is 5.92 Å². The van der Waals surface area contributed by atoms with E-state index < -0.39 is 0 Å². The summed E-state index contributed by atoms with van der Waals surface area (Å²) in [4.78, 5) is 12.2. The number of piperidine rings is 1. The van der Waals surface area contributed by atoms with Crippen LogP contribution < -0.4 is 10.6 Å². The number of aryl methyl sites for hydroxylation is 1. The quantitative estimate of drug-likeness (QED) is 0.888. The van der Waals surface area contributed by atoms with Crippen LogP contribution in [-0.4, -0.2) is 39.2 Å². The van der Waals surface area contributed by atoms with Crippen molar-refractivity contribution >= 4 is 24.0 Å². The molecule has 0 saturated carbocycles. The van der Waals surface area contributed by atoms with E-state index in [-0.39, 0.29) is 24.2 Å². The summed E-state index contributed by atoms with van der Waals surface area (Å²) in [6.07, 6.45) is 1.98. The molecule has 2 heterocycles. The summed E-state index contributed by atoms with van der Waals surface area (Å²) in [5.74, 6) is 0.778. The maximum Gasteiger partial charge on any atom is 0.228 e. The molecule has 1 amide bonds. The lowest BCUT2D eigenvalue weighted by atomic mass is 9.99. The van der Waals surface area contributed by atoms with E-state index in [1.807, 2.05) is 24.3 Å². The molecular formula is C14H19ClN6O. The number of amides is 1. The van der Waals surface area contributed by atoms with E-state index in [0.717, 1.165) is 37.2 Å². The van der Waals surface area contributed by atoms with Crippen LogP contribution in [-0.2, 0) is 11.8 Å². The number of hydrogen-bond acceptors (Lipinski definition) is 5. The molecule has 0 radical (unpaired) electrons. The number of aromatic nitrogens is 4. The molecule has 1 aliphatic heterocycles. The third-order valence-corrected chi connectivity index (χ3v) is 3.68. The Morgan fingerprint density at radius 3 is 3.00 bits per heavy atom. The van der Waals surface area contributed by atoms with E-state index in [1.54, 1.807) is 11.7 Å². The van der Waals surface area contributed by atoms with Crippen LogP contribution in [0.25, 0.3) is 11.4 Å². The van der Waals surface area contributed by atoms with Gasteiger partial charge in [-0.05, 0) is 41.9 Å². The second-order valence-electron chi connectivity index (χ2n) is 5.24. The summed E-state index contributed by atoms with van der Waals surface area (Å²) < 4.78 is 1.60. The molecule has 2 N–H and O–H groups in total. The summed E-state index contributed by atoms with van der Waals surface area (Å²) >= 11 is 0. The first-order chi connectivity index (χ1) is 10.2. The summed E-state index contributed by atoms with van der Waals surface area (Å²) in [5, 5.41) is 17.7. The van der Waals surface area contributed by atoms with Crippen LogP contribution in [0.2, 0.25) is 0 Å². The molecule has 3 rings (SSSR count). The molecule has 22 heavy (non-hydrogen) atoms. The van der Waals surface area contributed by atoms with Crippen LogP contribution in [0.15, 0.2) is 24.3 Å². The van der Waals surface area contributed by atoms with E-state index in [0.29, 0.717) is 5.82 Å². The lowest BCUT2D eigenvalue weighted by molar-refractivity contribution is -0.120. The van der Waals surface area contributed by atoms with Crippen LogP contribution in [0.3, 0.4) is 0 Å². The number of carbonyl (C=O) groups excluding carboxylic acids is 1. The van der Waals surface area contributed by atoms with Gasteiger partial charge in [-0.1, -0.05) is 12.1 Å². The predicted octanol–water partition coefficient (Wildman–Crippen LogP) is 1.24. The van der Waals surface area contributed by atoms with Gasteiger partial charge >= 0.3 is 0 Å². The number of hydrogen-bond donors (Lipinski definition) is 2. The maximum atomic E-state index is 12.2. The molecule has 1 fully saturated rings. The molecule has 1 aromatic carbocycles.